The van der Waals surface area contributed by atoms with Crippen molar-refractivity contribution in [3.05, 3.63) is 29.3 Å². The van der Waals surface area contributed by atoms with Gasteiger partial charge < -0.3 is 10.5 Å². The van der Waals surface area contributed by atoms with E-state index in [1.807, 2.05) is 13.8 Å². The summed E-state index contributed by atoms with van der Waals surface area (Å²) in [7, 11) is 0. The maximum absolute atomic E-state index is 12.9. The quantitative estimate of drug-likeness (QED) is 0.879. The summed E-state index contributed by atoms with van der Waals surface area (Å²) in [5, 5.41) is 0. The second-order valence-electron chi connectivity index (χ2n) is 4.36. The number of nitrogens with two attached hydrogens (primary N) is 1. The highest BCUT2D eigenvalue weighted by molar-refractivity contribution is 5.39. The number of rotatable bonds is 5. The van der Waals surface area contributed by atoms with Crippen LogP contribution in [-0.2, 0) is 12.7 Å². The molecule has 1 unspecified atom stereocenters. The van der Waals surface area contributed by atoms with Crippen molar-refractivity contribution in [2.75, 3.05) is 6.61 Å². The van der Waals surface area contributed by atoms with E-state index in [9.17, 15) is 13.2 Å². The number of benzene rings is 1. The zero-order valence-electron chi connectivity index (χ0n) is 10.6. The van der Waals surface area contributed by atoms with Crippen LogP contribution in [0.2, 0.25) is 0 Å². The highest BCUT2D eigenvalue weighted by Crippen LogP contribution is 2.37. The highest BCUT2D eigenvalue weighted by atomic mass is 19.4. The lowest BCUT2D eigenvalue weighted by Gasteiger charge is -2.17. The third kappa shape index (κ3) is 3.91. The molecule has 0 spiro atoms. The van der Waals surface area contributed by atoms with E-state index >= 15 is 0 Å². The van der Waals surface area contributed by atoms with Crippen molar-refractivity contribution in [3.8, 4) is 5.75 Å². The van der Waals surface area contributed by atoms with Crippen LogP contribution in [0.3, 0.4) is 0 Å². The van der Waals surface area contributed by atoms with Crippen molar-refractivity contribution >= 4 is 0 Å². The monoisotopic (exact) mass is 261 g/mol. The third-order valence-corrected chi connectivity index (χ3v) is 2.81. The summed E-state index contributed by atoms with van der Waals surface area (Å²) in [6, 6.07) is 3.94. The van der Waals surface area contributed by atoms with Gasteiger partial charge in [0.2, 0.25) is 0 Å². The van der Waals surface area contributed by atoms with E-state index in [1.54, 1.807) is 6.07 Å². The number of alkyl halides is 3. The molecule has 0 saturated carbocycles. The first-order valence-electron chi connectivity index (χ1n) is 5.91. The molecule has 0 amide bonds. The van der Waals surface area contributed by atoms with Gasteiger partial charge in [0.15, 0.2) is 0 Å². The fraction of sp³-hybridized carbons (Fsp3) is 0.538. The van der Waals surface area contributed by atoms with Crippen molar-refractivity contribution in [2.24, 2.45) is 11.7 Å². The van der Waals surface area contributed by atoms with E-state index in [0.29, 0.717) is 5.56 Å². The van der Waals surface area contributed by atoms with E-state index in [1.165, 1.54) is 6.07 Å². The van der Waals surface area contributed by atoms with Gasteiger partial charge in [-0.2, -0.15) is 13.2 Å². The van der Waals surface area contributed by atoms with Gasteiger partial charge in [-0.15, -0.1) is 0 Å². The van der Waals surface area contributed by atoms with Crippen LogP contribution in [0, 0.1) is 5.92 Å². The van der Waals surface area contributed by atoms with Crippen LogP contribution in [0.4, 0.5) is 13.2 Å². The third-order valence-electron chi connectivity index (χ3n) is 2.81. The second kappa shape index (κ2) is 6.09. The van der Waals surface area contributed by atoms with Gasteiger partial charge in [-0.1, -0.05) is 26.3 Å². The van der Waals surface area contributed by atoms with Crippen LogP contribution in [0.1, 0.15) is 31.4 Å². The summed E-state index contributed by atoms with van der Waals surface area (Å²) in [6.07, 6.45) is -3.56. The van der Waals surface area contributed by atoms with Crippen molar-refractivity contribution < 1.29 is 17.9 Å². The molecule has 2 nitrogen and oxygen atoms in total. The highest BCUT2D eigenvalue weighted by Gasteiger charge is 2.34. The number of ether oxygens (including phenoxy) is 1. The normalized spacial score (nSPS) is 13.4. The zero-order valence-corrected chi connectivity index (χ0v) is 10.6. The summed E-state index contributed by atoms with van der Waals surface area (Å²) in [5.74, 6) is 0.0975. The van der Waals surface area contributed by atoms with Crippen LogP contribution in [0.25, 0.3) is 0 Å². The first-order valence-corrected chi connectivity index (χ1v) is 5.91. The summed E-state index contributed by atoms with van der Waals surface area (Å²) in [6.45, 7) is 4.26. The maximum atomic E-state index is 12.9. The van der Waals surface area contributed by atoms with Gasteiger partial charge in [0.1, 0.15) is 5.75 Å². The Morgan fingerprint density at radius 2 is 2.00 bits per heavy atom. The zero-order chi connectivity index (χ0) is 13.8. The Morgan fingerprint density at radius 3 is 2.50 bits per heavy atom. The Labute approximate surface area is 105 Å². The first-order chi connectivity index (χ1) is 8.38. The van der Waals surface area contributed by atoms with Gasteiger partial charge in [0.05, 0.1) is 12.2 Å². The Hall–Kier alpha value is -1.23. The SMILES string of the molecule is CCC(C)COc1ccc(CN)cc1C(F)(F)F. The average Bonchev–Trinajstić information content (AvgIpc) is 2.34. The Kier molecular flexibility index (Phi) is 5.02. The van der Waals surface area contributed by atoms with Crippen LogP contribution < -0.4 is 10.5 Å². The predicted octanol–water partition coefficient (Wildman–Crippen LogP) is 3.59. The second-order valence-corrected chi connectivity index (χ2v) is 4.36. The predicted molar refractivity (Wildman–Crippen MR) is 64.3 cm³/mol. The lowest BCUT2D eigenvalue weighted by molar-refractivity contribution is -0.139. The summed E-state index contributed by atoms with van der Waals surface area (Å²) in [5.41, 5.74) is 5.03. The van der Waals surface area contributed by atoms with Gasteiger partial charge >= 0.3 is 6.18 Å². The largest absolute Gasteiger partial charge is 0.493 e. The van der Waals surface area contributed by atoms with Gasteiger partial charge in [0, 0.05) is 6.54 Å². The minimum Gasteiger partial charge on any atom is -0.493 e. The summed E-state index contributed by atoms with van der Waals surface area (Å²) in [4.78, 5) is 0. The van der Waals surface area contributed by atoms with Gasteiger partial charge in [-0.25, -0.2) is 0 Å². The molecule has 0 aliphatic rings. The molecule has 0 saturated heterocycles. The lowest BCUT2D eigenvalue weighted by atomic mass is 10.1. The van der Waals surface area contributed by atoms with E-state index in [0.717, 1.165) is 12.5 Å². The number of halogens is 3. The van der Waals surface area contributed by atoms with Crippen molar-refractivity contribution in [3.63, 3.8) is 0 Å². The molecule has 18 heavy (non-hydrogen) atoms. The molecule has 1 aromatic rings. The molecular weight excluding hydrogens is 243 g/mol. The van der Waals surface area contributed by atoms with Crippen molar-refractivity contribution in [1.29, 1.82) is 0 Å². The Morgan fingerprint density at radius 1 is 1.33 bits per heavy atom. The topological polar surface area (TPSA) is 35.2 Å². The fourth-order valence-electron chi connectivity index (χ4n) is 1.40. The van der Waals surface area contributed by atoms with Crippen molar-refractivity contribution in [1.82, 2.24) is 0 Å². The average molecular weight is 261 g/mol. The molecule has 5 heteroatoms. The first kappa shape index (κ1) is 14.8. The number of hydrogen-bond donors (Lipinski definition) is 1. The maximum Gasteiger partial charge on any atom is 0.419 e. The molecule has 1 atom stereocenters. The molecule has 0 heterocycles. The molecule has 0 aliphatic heterocycles. The minimum atomic E-state index is -4.42. The lowest BCUT2D eigenvalue weighted by Crippen LogP contribution is -2.13. The van der Waals surface area contributed by atoms with Gasteiger partial charge in [0.25, 0.3) is 0 Å². The van der Waals surface area contributed by atoms with Crippen LogP contribution >= 0.6 is 0 Å². The van der Waals surface area contributed by atoms with Crippen LogP contribution in [-0.4, -0.2) is 6.61 Å². The van der Waals surface area contributed by atoms with Crippen LogP contribution in [0.5, 0.6) is 5.75 Å². The van der Waals surface area contributed by atoms with E-state index in [4.69, 9.17) is 10.5 Å². The summed E-state index contributed by atoms with van der Waals surface area (Å²) >= 11 is 0. The van der Waals surface area contributed by atoms with E-state index in [-0.39, 0.29) is 24.8 Å². The molecule has 0 radical (unpaired) electrons. The smallest absolute Gasteiger partial charge is 0.419 e. The fourth-order valence-corrected chi connectivity index (χ4v) is 1.40. The van der Waals surface area contributed by atoms with Crippen LogP contribution in [0.15, 0.2) is 18.2 Å². The number of hydrogen-bond acceptors (Lipinski definition) is 2. The van der Waals surface area contributed by atoms with Gasteiger partial charge in [-0.05, 0) is 23.6 Å². The van der Waals surface area contributed by atoms with Crippen molar-refractivity contribution in [2.45, 2.75) is 33.0 Å². The van der Waals surface area contributed by atoms with Gasteiger partial charge in [-0.3, -0.25) is 0 Å². The molecule has 0 aromatic heterocycles. The van der Waals surface area contributed by atoms with E-state index in [2.05, 4.69) is 0 Å². The summed E-state index contributed by atoms with van der Waals surface area (Å²) < 4.78 is 43.8. The molecule has 0 bridgehead atoms. The molecule has 2 N–H and O–H groups in total. The van der Waals surface area contributed by atoms with E-state index < -0.39 is 11.7 Å². The minimum absolute atomic E-state index is 0.0781. The molecule has 0 aliphatic carbocycles. The standard InChI is InChI=1S/C13H18F3NO/c1-3-9(2)8-18-12-5-4-10(7-17)6-11(12)13(14,15)16/h4-6,9H,3,7-8,17H2,1-2H3. The molecule has 0 fully saturated rings. The Balaban J connectivity index is 2.96. The molecule has 1 aromatic carbocycles. The molecule has 102 valence electrons. The molecule has 1 rings (SSSR count). The Bertz CT molecular complexity index is 390. The molecular formula is C13H18F3NO.